The highest BCUT2D eigenvalue weighted by Gasteiger charge is 2.65. The van der Waals surface area contributed by atoms with Gasteiger partial charge in [-0.15, -0.1) is 0 Å². The summed E-state index contributed by atoms with van der Waals surface area (Å²) in [7, 11) is 0. The van der Waals surface area contributed by atoms with E-state index < -0.39 is 0 Å². The summed E-state index contributed by atoms with van der Waals surface area (Å²) in [5.41, 5.74) is 3.72. The van der Waals surface area contributed by atoms with Crippen molar-refractivity contribution in [3.8, 4) is 0 Å². The second-order valence-electron chi connectivity index (χ2n) is 8.39. The van der Waals surface area contributed by atoms with Crippen LogP contribution in [0.15, 0.2) is 23.8 Å². The van der Waals surface area contributed by atoms with Gasteiger partial charge in [-0.05, 0) is 87.4 Å². The van der Waals surface area contributed by atoms with Crippen molar-refractivity contribution in [1.82, 2.24) is 0 Å². The molecule has 112 valence electrons. The first-order chi connectivity index (χ1) is 9.45. The van der Waals surface area contributed by atoms with Crippen LogP contribution in [0.1, 0.15) is 66.2 Å². The van der Waals surface area contributed by atoms with Crippen molar-refractivity contribution in [1.29, 1.82) is 0 Å². The Morgan fingerprint density at radius 2 is 2.05 bits per heavy atom. The molecule has 6 atom stereocenters. The Bertz CT molecular complexity index is 425. The highest BCUT2D eigenvalue weighted by Crippen LogP contribution is 2.72. The van der Waals surface area contributed by atoms with Gasteiger partial charge < -0.3 is 0 Å². The van der Waals surface area contributed by atoms with Crippen molar-refractivity contribution < 1.29 is 0 Å². The van der Waals surface area contributed by atoms with Gasteiger partial charge in [0, 0.05) is 0 Å². The molecule has 0 heterocycles. The monoisotopic (exact) mass is 272 g/mol. The van der Waals surface area contributed by atoms with Gasteiger partial charge in [0.05, 0.1) is 0 Å². The van der Waals surface area contributed by atoms with Gasteiger partial charge in [-0.2, -0.15) is 0 Å². The third-order valence-electron chi connectivity index (χ3n) is 6.94. The molecule has 0 nitrogen and oxygen atoms in total. The van der Waals surface area contributed by atoms with Crippen LogP contribution in [0.3, 0.4) is 0 Å². The fraction of sp³-hybridized carbons (Fsp3) is 0.800. The van der Waals surface area contributed by atoms with Crippen LogP contribution in [0.4, 0.5) is 0 Å². The van der Waals surface area contributed by atoms with Crippen LogP contribution in [-0.2, 0) is 0 Å². The van der Waals surface area contributed by atoms with E-state index in [-0.39, 0.29) is 0 Å². The number of hydrogen-bond donors (Lipinski definition) is 0. The third kappa shape index (κ3) is 2.20. The average Bonchev–Trinajstić information content (AvgIpc) is 2.81. The van der Waals surface area contributed by atoms with E-state index in [1.165, 1.54) is 44.1 Å². The maximum Gasteiger partial charge on any atom is -0.0172 e. The standard InChI is InChI=1S/C20H32/c1-13(2)7-6-12-20(5)17-11-9-14(3)16-10-8-15(4)18(16)19(17)20/h7,15-19H,3,6,8-12H2,1-2,4-5H3/t15-,16-,17+,18-,19-,20-/m1/s1. The predicted molar refractivity (Wildman–Crippen MR) is 87.5 cm³/mol. The van der Waals surface area contributed by atoms with Crippen LogP contribution in [0.25, 0.3) is 0 Å². The van der Waals surface area contributed by atoms with Gasteiger partial charge in [-0.3, -0.25) is 0 Å². The molecule has 3 rings (SSSR count). The molecule has 0 aromatic rings. The van der Waals surface area contributed by atoms with Crippen LogP contribution < -0.4 is 0 Å². The fourth-order valence-electron chi connectivity index (χ4n) is 5.77. The second-order valence-corrected chi connectivity index (χ2v) is 8.39. The third-order valence-corrected chi connectivity index (χ3v) is 6.94. The Morgan fingerprint density at radius 1 is 1.30 bits per heavy atom. The van der Waals surface area contributed by atoms with Gasteiger partial charge in [-0.1, -0.05) is 37.6 Å². The molecular weight excluding hydrogens is 240 g/mol. The summed E-state index contributed by atoms with van der Waals surface area (Å²) in [5.74, 6) is 4.78. The van der Waals surface area contributed by atoms with E-state index in [4.69, 9.17) is 0 Å². The number of fused-ring (bicyclic) bond motifs is 3. The van der Waals surface area contributed by atoms with Gasteiger partial charge in [0.1, 0.15) is 0 Å². The molecule has 0 unspecified atom stereocenters. The van der Waals surface area contributed by atoms with E-state index in [0.29, 0.717) is 5.41 Å². The topological polar surface area (TPSA) is 0 Å². The lowest BCUT2D eigenvalue weighted by Gasteiger charge is -2.26. The van der Waals surface area contributed by atoms with E-state index >= 15 is 0 Å². The van der Waals surface area contributed by atoms with E-state index in [2.05, 4.69) is 40.3 Å². The van der Waals surface area contributed by atoms with E-state index in [9.17, 15) is 0 Å². The molecule has 0 N–H and O–H groups in total. The second kappa shape index (κ2) is 5.04. The number of rotatable bonds is 3. The first-order valence-corrected chi connectivity index (χ1v) is 8.76. The van der Waals surface area contributed by atoms with E-state index in [1.807, 2.05) is 0 Å². The molecule has 0 bridgehead atoms. The first-order valence-electron chi connectivity index (χ1n) is 8.76. The van der Waals surface area contributed by atoms with Crippen LogP contribution in [0.5, 0.6) is 0 Å². The molecule has 0 saturated heterocycles. The van der Waals surface area contributed by atoms with Gasteiger partial charge in [-0.25, -0.2) is 0 Å². The molecule has 0 radical (unpaired) electrons. The summed E-state index contributed by atoms with van der Waals surface area (Å²) >= 11 is 0. The highest BCUT2D eigenvalue weighted by atomic mass is 14.7. The Kier molecular flexibility index (Phi) is 3.63. The minimum atomic E-state index is 0.647. The van der Waals surface area contributed by atoms with E-state index in [1.54, 1.807) is 5.57 Å². The zero-order valence-electron chi connectivity index (χ0n) is 13.9. The lowest BCUT2D eigenvalue weighted by atomic mass is 9.78. The maximum atomic E-state index is 4.43. The minimum Gasteiger partial charge on any atom is -0.0996 e. The molecule has 0 spiro atoms. The summed E-state index contributed by atoms with van der Waals surface area (Å²) in [6.07, 6.45) is 10.8. The summed E-state index contributed by atoms with van der Waals surface area (Å²) in [5, 5.41) is 0. The van der Waals surface area contributed by atoms with E-state index in [0.717, 1.165) is 29.6 Å². The molecule has 3 aliphatic carbocycles. The van der Waals surface area contributed by atoms with Crippen LogP contribution in [0.2, 0.25) is 0 Å². The molecule has 0 aliphatic heterocycles. The zero-order chi connectivity index (χ0) is 14.5. The van der Waals surface area contributed by atoms with Gasteiger partial charge >= 0.3 is 0 Å². The molecule has 0 aromatic heterocycles. The van der Waals surface area contributed by atoms with Crippen LogP contribution in [0, 0.1) is 35.0 Å². The van der Waals surface area contributed by atoms with Crippen molar-refractivity contribution in [3.05, 3.63) is 23.8 Å². The molecule has 3 saturated carbocycles. The molecule has 20 heavy (non-hydrogen) atoms. The predicted octanol–water partition coefficient (Wildman–Crippen LogP) is 6.00. The summed E-state index contributed by atoms with van der Waals surface area (Å²) in [6.45, 7) is 14.0. The van der Waals surface area contributed by atoms with Crippen molar-refractivity contribution >= 4 is 0 Å². The quantitative estimate of drug-likeness (QED) is 0.553. The Morgan fingerprint density at radius 3 is 2.75 bits per heavy atom. The molecule has 3 aliphatic rings. The Labute approximate surface area is 125 Å². The molecule has 3 fully saturated rings. The first kappa shape index (κ1) is 14.4. The lowest BCUT2D eigenvalue weighted by Crippen LogP contribution is -2.19. The average molecular weight is 272 g/mol. The molecule has 0 aromatic carbocycles. The van der Waals surface area contributed by atoms with Crippen LogP contribution in [-0.4, -0.2) is 0 Å². The highest BCUT2D eigenvalue weighted by molar-refractivity contribution is 5.21. The van der Waals surface area contributed by atoms with Crippen LogP contribution >= 0.6 is 0 Å². The summed E-state index contributed by atoms with van der Waals surface area (Å²) < 4.78 is 0. The zero-order valence-corrected chi connectivity index (χ0v) is 13.9. The molecule has 0 heteroatoms. The van der Waals surface area contributed by atoms with Crippen molar-refractivity contribution in [3.63, 3.8) is 0 Å². The summed E-state index contributed by atoms with van der Waals surface area (Å²) in [4.78, 5) is 0. The number of allylic oxidation sites excluding steroid dienone is 3. The normalized spacial score (nSPS) is 46.4. The summed E-state index contributed by atoms with van der Waals surface area (Å²) in [6, 6.07) is 0. The van der Waals surface area contributed by atoms with Crippen molar-refractivity contribution in [2.24, 2.45) is 35.0 Å². The van der Waals surface area contributed by atoms with Crippen molar-refractivity contribution in [2.45, 2.75) is 66.2 Å². The fourth-order valence-corrected chi connectivity index (χ4v) is 5.77. The molecule has 0 amide bonds. The van der Waals surface area contributed by atoms with Gasteiger partial charge in [0.15, 0.2) is 0 Å². The minimum absolute atomic E-state index is 0.647. The SMILES string of the molecule is C=C1CC[C@H]2[C@H]([C@@H]3[C@H](C)CC[C@H]13)[C@]2(C)CCC=C(C)C. The van der Waals surface area contributed by atoms with Crippen molar-refractivity contribution in [2.75, 3.05) is 0 Å². The van der Waals surface area contributed by atoms with Gasteiger partial charge in [0.25, 0.3) is 0 Å². The van der Waals surface area contributed by atoms with Gasteiger partial charge in [0.2, 0.25) is 0 Å². The smallest absolute Gasteiger partial charge is 0.0172 e. The molecular formula is C20H32. The lowest BCUT2D eigenvalue weighted by molar-refractivity contribution is 0.266. The Hall–Kier alpha value is -0.520. The Balaban J connectivity index is 1.75. The maximum absolute atomic E-state index is 4.43. The number of hydrogen-bond acceptors (Lipinski definition) is 0. The largest absolute Gasteiger partial charge is 0.0996 e.